The summed E-state index contributed by atoms with van der Waals surface area (Å²) < 4.78 is 1.35. The number of rotatable bonds is 2. The van der Waals surface area contributed by atoms with Gasteiger partial charge in [-0.15, -0.1) is 0 Å². The van der Waals surface area contributed by atoms with Crippen molar-refractivity contribution in [1.29, 1.82) is 0 Å². The molecule has 1 aliphatic rings. The molecule has 0 amide bonds. The van der Waals surface area contributed by atoms with E-state index in [1.807, 2.05) is 0 Å². The monoisotopic (exact) mass is 210 g/mol. The molecule has 0 bridgehead atoms. The largest absolute Gasteiger partial charge is 0.352 e. The molecule has 0 saturated carbocycles. The zero-order valence-corrected chi connectivity index (χ0v) is 8.22. The summed E-state index contributed by atoms with van der Waals surface area (Å²) >= 11 is 0. The van der Waals surface area contributed by atoms with Crippen LogP contribution in [0.1, 0.15) is 0 Å². The van der Waals surface area contributed by atoms with Crippen molar-refractivity contribution in [3.63, 3.8) is 0 Å². The maximum absolute atomic E-state index is 11.7. The van der Waals surface area contributed by atoms with Crippen LogP contribution in [0.4, 0.5) is 0 Å². The summed E-state index contributed by atoms with van der Waals surface area (Å²) in [7, 11) is 0. The van der Waals surface area contributed by atoms with Gasteiger partial charge >= 0.3 is 5.97 Å². The molecule has 2 atom stereocenters. The molecule has 0 aromatic carbocycles. The average Bonchev–Trinajstić information content (AvgIpc) is 2.71. The van der Waals surface area contributed by atoms with Gasteiger partial charge in [-0.2, -0.15) is 4.73 Å². The normalized spacial score (nSPS) is 26.2. The topological polar surface area (TPSA) is 81.3 Å². The summed E-state index contributed by atoms with van der Waals surface area (Å²) in [6, 6.07) is 3.06. The third kappa shape index (κ3) is 2.35. The van der Waals surface area contributed by atoms with Crippen molar-refractivity contribution in [2.24, 2.45) is 5.73 Å². The summed E-state index contributed by atoms with van der Waals surface area (Å²) in [6.07, 6.45) is 2.90. The predicted molar refractivity (Wildman–Crippen MR) is 53.8 cm³/mol. The van der Waals surface area contributed by atoms with Crippen LogP contribution < -0.4 is 21.2 Å². The van der Waals surface area contributed by atoms with Crippen molar-refractivity contribution >= 4 is 5.97 Å². The van der Waals surface area contributed by atoms with E-state index in [0.717, 1.165) is 6.54 Å². The maximum Gasteiger partial charge on any atom is 0.352 e. The van der Waals surface area contributed by atoms with Gasteiger partial charge in [0, 0.05) is 25.5 Å². The SMILES string of the molecule is NC1NCCNC1C(=O)On1cccc1. The van der Waals surface area contributed by atoms with Crippen LogP contribution in [0.25, 0.3) is 0 Å². The van der Waals surface area contributed by atoms with Crippen LogP contribution in [0.5, 0.6) is 0 Å². The predicted octanol–water partition coefficient (Wildman–Crippen LogP) is -1.71. The molecule has 6 heteroatoms. The molecule has 2 rings (SSSR count). The van der Waals surface area contributed by atoms with Gasteiger partial charge in [0.15, 0.2) is 0 Å². The van der Waals surface area contributed by atoms with Crippen LogP contribution in [0, 0.1) is 0 Å². The lowest BCUT2D eigenvalue weighted by Gasteiger charge is -2.28. The molecule has 2 unspecified atom stereocenters. The Morgan fingerprint density at radius 1 is 1.33 bits per heavy atom. The third-order valence-electron chi connectivity index (χ3n) is 2.25. The first-order chi connectivity index (χ1) is 7.27. The van der Waals surface area contributed by atoms with E-state index in [-0.39, 0.29) is 5.97 Å². The van der Waals surface area contributed by atoms with Crippen LogP contribution in [-0.4, -0.2) is 36.0 Å². The molecule has 1 aromatic heterocycles. The van der Waals surface area contributed by atoms with Gasteiger partial charge < -0.3 is 15.9 Å². The van der Waals surface area contributed by atoms with E-state index in [4.69, 9.17) is 10.6 Å². The van der Waals surface area contributed by atoms with Gasteiger partial charge in [0.1, 0.15) is 6.04 Å². The summed E-state index contributed by atoms with van der Waals surface area (Å²) in [5.74, 6) is -0.383. The Labute approximate surface area is 87.3 Å². The molecule has 1 saturated heterocycles. The van der Waals surface area contributed by atoms with E-state index in [2.05, 4.69) is 10.6 Å². The highest BCUT2D eigenvalue weighted by molar-refractivity contribution is 5.77. The first-order valence-corrected chi connectivity index (χ1v) is 4.85. The summed E-state index contributed by atoms with van der Waals surface area (Å²) in [6.45, 7) is 1.47. The second-order valence-electron chi connectivity index (χ2n) is 3.36. The zero-order valence-electron chi connectivity index (χ0n) is 8.22. The highest BCUT2D eigenvalue weighted by atomic mass is 16.7. The van der Waals surface area contributed by atoms with E-state index >= 15 is 0 Å². The number of carbonyl (C=O) groups is 1. The van der Waals surface area contributed by atoms with Crippen LogP contribution >= 0.6 is 0 Å². The van der Waals surface area contributed by atoms with E-state index < -0.39 is 12.2 Å². The minimum absolute atomic E-state index is 0.383. The van der Waals surface area contributed by atoms with Gasteiger partial charge in [-0.3, -0.25) is 5.32 Å². The van der Waals surface area contributed by atoms with E-state index in [1.54, 1.807) is 24.5 Å². The minimum atomic E-state index is -0.499. The number of carbonyl (C=O) groups excluding carboxylic acids is 1. The molecule has 6 nitrogen and oxygen atoms in total. The fraction of sp³-hybridized carbons (Fsp3) is 0.444. The van der Waals surface area contributed by atoms with E-state index in [9.17, 15) is 4.79 Å². The molecule has 4 N–H and O–H groups in total. The standard InChI is InChI=1S/C9H14N4O2/c10-8-7(11-3-4-12-8)9(14)15-13-5-1-2-6-13/h1-2,5-8,11-12H,3-4,10H2. The molecule has 1 fully saturated rings. The van der Waals surface area contributed by atoms with Gasteiger partial charge in [0.05, 0.1) is 6.17 Å². The van der Waals surface area contributed by atoms with Crippen molar-refractivity contribution in [1.82, 2.24) is 15.4 Å². The maximum atomic E-state index is 11.7. The van der Waals surface area contributed by atoms with Gasteiger partial charge in [-0.05, 0) is 12.1 Å². The number of nitrogens with zero attached hydrogens (tertiary/aromatic N) is 1. The Morgan fingerprint density at radius 2 is 2.00 bits per heavy atom. The quantitative estimate of drug-likeness (QED) is 0.541. The Kier molecular flexibility index (Phi) is 3.00. The lowest BCUT2D eigenvalue weighted by Crippen LogP contribution is -2.64. The van der Waals surface area contributed by atoms with E-state index in [0.29, 0.717) is 6.54 Å². The Bertz CT molecular complexity index is 325. The number of hydrogen-bond acceptors (Lipinski definition) is 5. The number of aromatic nitrogens is 1. The summed E-state index contributed by atoms with van der Waals surface area (Å²) in [5, 5.41) is 6.00. The lowest BCUT2D eigenvalue weighted by atomic mass is 10.2. The molecular weight excluding hydrogens is 196 g/mol. The number of piperazine rings is 1. The van der Waals surface area contributed by atoms with Crippen LogP contribution in [0.2, 0.25) is 0 Å². The fourth-order valence-corrected chi connectivity index (χ4v) is 1.48. The minimum Gasteiger partial charge on any atom is -0.335 e. The van der Waals surface area contributed by atoms with Gasteiger partial charge in [0.25, 0.3) is 0 Å². The highest BCUT2D eigenvalue weighted by Gasteiger charge is 2.29. The first kappa shape index (κ1) is 10.2. The highest BCUT2D eigenvalue weighted by Crippen LogP contribution is 1.95. The van der Waals surface area contributed by atoms with Crippen LogP contribution in [0.15, 0.2) is 24.5 Å². The first-order valence-electron chi connectivity index (χ1n) is 4.85. The van der Waals surface area contributed by atoms with Crippen LogP contribution in [-0.2, 0) is 4.79 Å². The summed E-state index contributed by atoms with van der Waals surface area (Å²) in [4.78, 5) is 16.7. The Hall–Kier alpha value is -1.37. The molecule has 0 radical (unpaired) electrons. The molecule has 15 heavy (non-hydrogen) atoms. The molecular formula is C9H14N4O2. The van der Waals surface area contributed by atoms with Crippen LogP contribution in [0.3, 0.4) is 0 Å². The van der Waals surface area contributed by atoms with Gasteiger partial charge in [0.2, 0.25) is 0 Å². The smallest absolute Gasteiger partial charge is 0.335 e. The number of hydrogen-bond donors (Lipinski definition) is 3. The Balaban J connectivity index is 1.95. The second-order valence-corrected chi connectivity index (χ2v) is 3.36. The molecule has 0 spiro atoms. The van der Waals surface area contributed by atoms with E-state index in [1.165, 1.54) is 4.73 Å². The lowest BCUT2D eigenvalue weighted by molar-refractivity contribution is -0.147. The van der Waals surface area contributed by atoms with Crippen molar-refractivity contribution < 1.29 is 9.63 Å². The second kappa shape index (κ2) is 4.43. The van der Waals surface area contributed by atoms with Crippen molar-refractivity contribution in [3.05, 3.63) is 24.5 Å². The average molecular weight is 210 g/mol. The molecule has 1 aliphatic heterocycles. The molecule has 82 valence electrons. The summed E-state index contributed by atoms with van der Waals surface area (Å²) in [5.41, 5.74) is 5.73. The molecule has 0 aliphatic carbocycles. The third-order valence-corrected chi connectivity index (χ3v) is 2.25. The van der Waals surface area contributed by atoms with Crippen molar-refractivity contribution in [2.45, 2.75) is 12.2 Å². The van der Waals surface area contributed by atoms with Gasteiger partial charge in [-0.1, -0.05) is 0 Å². The number of nitrogens with one attached hydrogen (secondary N) is 2. The molecule has 1 aromatic rings. The van der Waals surface area contributed by atoms with Crippen molar-refractivity contribution in [3.8, 4) is 0 Å². The van der Waals surface area contributed by atoms with Gasteiger partial charge in [-0.25, -0.2) is 4.79 Å². The molecule has 2 heterocycles. The fourth-order valence-electron chi connectivity index (χ4n) is 1.48. The van der Waals surface area contributed by atoms with Crippen molar-refractivity contribution in [2.75, 3.05) is 13.1 Å². The zero-order chi connectivity index (χ0) is 10.7. The Morgan fingerprint density at radius 3 is 2.67 bits per heavy atom. The number of nitrogens with two attached hydrogens (primary N) is 1.